The fraction of sp³-hybridized carbons (Fsp3) is 0.500. The van der Waals surface area contributed by atoms with Crippen LogP contribution in [-0.2, 0) is 0 Å². The Bertz CT molecular complexity index is 460. The number of nitrogens with one attached hydrogen (secondary N) is 1. The molecule has 0 amide bonds. The fourth-order valence-electron chi connectivity index (χ4n) is 1.82. The maximum Gasteiger partial charge on any atom is 0.0431 e. The predicted molar refractivity (Wildman–Crippen MR) is 82.5 cm³/mol. The van der Waals surface area contributed by atoms with Gasteiger partial charge in [0, 0.05) is 22.4 Å². The number of hydrogen-bond donors (Lipinski definition) is 1. The summed E-state index contributed by atoms with van der Waals surface area (Å²) in [6.45, 7) is 8.55. The van der Waals surface area contributed by atoms with Gasteiger partial charge < -0.3 is 5.32 Å². The van der Waals surface area contributed by atoms with Crippen molar-refractivity contribution >= 4 is 15.9 Å². The molecule has 0 aromatic heterocycles. The van der Waals surface area contributed by atoms with E-state index in [1.807, 2.05) is 7.05 Å². The van der Waals surface area contributed by atoms with Crippen molar-refractivity contribution in [2.45, 2.75) is 40.2 Å². The quantitative estimate of drug-likeness (QED) is 0.813. The second-order valence-corrected chi connectivity index (χ2v) is 6.51. The van der Waals surface area contributed by atoms with Crippen LogP contribution in [0.4, 0.5) is 0 Å². The molecule has 18 heavy (non-hydrogen) atoms. The van der Waals surface area contributed by atoms with Crippen LogP contribution in [0.2, 0.25) is 0 Å². The van der Waals surface area contributed by atoms with Gasteiger partial charge in [0.2, 0.25) is 0 Å². The Kier molecular flexibility index (Phi) is 5.44. The zero-order chi connectivity index (χ0) is 13.8. The van der Waals surface area contributed by atoms with E-state index in [1.165, 1.54) is 11.1 Å². The first-order chi connectivity index (χ1) is 8.33. The van der Waals surface area contributed by atoms with Gasteiger partial charge in [-0.2, -0.15) is 0 Å². The van der Waals surface area contributed by atoms with E-state index in [2.05, 4.69) is 79.0 Å². The lowest BCUT2D eigenvalue weighted by atomic mass is 9.95. The summed E-state index contributed by atoms with van der Waals surface area (Å²) in [5.41, 5.74) is 2.69. The van der Waals surface area contributed by atoms with Gasteiger partial charge in [-0.15, -0.1) is 5.92 Å². The monoisotopic (exact) mass is 307 g/mol. The Morgan fingerprint density at radius 3 is 2.50 bits per heavy atom. The van der Waals surface area contributed by atoms with E-state index in [4.69, 9.17) is 0 Å². The first kappa shape index (κ1) is 15.3. The number of hydrogen-bond acceptors (Lipinski definition) is 1. The summed E-state index contributed by atoms with van der Waals surface area (Å²) >= 11 is 3.50. The smallest absolute Gasteiger partial charge is 0.0431 e. The highest BCUT2D eigenvalue weighted by atomic mass is 79.9. The molecule has 1 rings (SSSR count). The summed E-state index contributed by atoms with van der Waals surface area (Å²) in [4.78, 5) is 0. The van der Waals surface area contributed by atoms with E-state index in [-0.39, 0.29) is 5.41 Å². The zero-order valence-electron chi connectivity index (χ0n) is 11.9. The molecule has 0 spiro atoms. The lowest BCUT2D eigenvalue weighted by molar-refractivity contribution is 0.565. The average molecular weight is 308 g/mol. The Labute approximate surface area is 119 Å². The Hall–Kier alpha value is -0.780. The highest BCUT2D eigenvalue weighted by molar-refractivity contribution is 9.10. The number of benzene rings is 1. The Morgan fingerprint density at radius 1 is 1.33 bits per heavy atom. The van der Waals surface area contributed by atoms with E-state index in [0.717, 1.165) is 10.9 Å². The molecule has 0 aliphatic rings. The second-order valence-electron chi connectivity index (χ2n) is 5.60. The van der Waals surface area contributed by atoms with Crippen molar-refractivity contribution in [3.05, 3.63) is 33.8 Å². The molecule has 1 aromatic rings. The first-order valence-corrected chi connectivity index (χ1v) is 7.06. The van der Waals surface area contributed by atoms with E-state index in [9.17, 15) is 0 Å². The van der Waals surface area contributed by atoms with Crippen LogP contribution in [0.15, 0.2) is 22.7 Å². The summed E-state index contributed by atoms with van der Waals surface area (Å²) in [6.07, 6.45) is 0.843. The molecule has 0 heterocycles. The van der Waals surface area contributed by atoms with Crippen LogP contribution in [0.5, 0.6) is 0 Å². The van der Waals surface area contributed by atoms with E-state index < -0.39 is 0 Å². The van der Waals surface area contributed by atoms with Crippen molar-refractivity contribution in [2.24, 2.45) is 5.41 Å². The lowest BCUT2D eigenvalue weighted by Gasteiger charge is -2.17. The topological polar surface area (TPSA) is 12.0 Å². The minimum absolute atomic E-state index is 0.0764. The van der Waals surface area contributed by atoms with Gasteiger partial charge in [0.25, 0.3) is 0 Å². The summed E-state index contributed by atoms with van der Waals surface area (Å²) in [6, 6.07) is 6.70. The predicted octanol–water partition coefficient (Wildman–Crippen LogP) is 4.46. The standard InChI is InChI=1S/C16H22BrN/c1-12-11-13(17)8-9-14(12)15(18-5)7-6-10-16(2,3)4/h8-9,11,15,18H,7H2,1-5H3. The average Bonchev–Trinajstić information content (AvgIpc) is 2.24. The molecule has 0 fully saturated rings. The molecule has 0 saturated carbocycles. The van der Waals surface area contributed by atoms with Gasteiger partial charge in [-0.3, -0.25) is 0 Å². The molecule has 1 unspecified atom stereocenters. The molecule has 0 saturated heterocycles. The fourth-order valence-corrected chi connectivity index (χ4v) is 2.29. The van der Waals surface area contributed by atoms with Crippen molar-refractivity contribution in [3.63, 3.8) is 0 Å². The van der Waals surface area contributed by atoms with Gasteiger partial charge in [-0.25, -0.2) is 0 Å². The molecular formula is C16H22BrN. The molecule has 1 aromatic carbocycles. The number of aryl methyl sites for hydroxylation is 1. The SMILES string of the molecule is CNC(CC#CC(C)(C)C)c1ccc(Br)cc1C. The maximum atomic E-state index is 3.50. The molecule has 98 valence electrons. The summed E-state index contributed by atoms with van der Waals surface area (Å²) in [7, 11) is 1.99. The summed E-state index contributed by atoms with van der Waals surface area (Å²) < 4.78 is 1.12. The van der Waals surface area contributed by atoms with Crippen molar-refractivity contribution in [3.8, 4) is 11.8 Å². The van der Waals surface area contributed by atoms with Crippen LogP contribution in [0.25, 0.3) is 0 Å². The van der Waals surface area contributed by atoms with Crippen molar-refractivity contribution in [1.29, 1.82) is 0 Å². The van der Waals surface area contributed by atoms with Crippen LogP contribution in [0, 0.1) is 24.2 Å². The highest BCUT2D eigenvalue weighted by Crippen LogP contribution is 2.23. The molecule has 0 aliphatic carbocycles. The molecule has 1 atom stereocenters. The minimum Gasteiger partial charge on any atom is -0.312 e. The molecule has 1 nitrogen and oxygen atoms in total. The minimum atomic E-state index is 0.0764. The van der Waals surface area contributed by atoms with Crippen LogP contribution in [0.1, 0.15) is 44.4 Å². The van der Waals surface area contributed by atoms with Gasteiger partial charge in [0.05, 0.1) is 0 Å². The van der Waals surface area contributed by atoms with Gasteiger partial charge in [0.15, 0.2) is 0 Å². The third-order valence-corrected chi connectivity index (χ3v) is 3.22. The molecule has 0 bridgehead atoms. The maximum absolute atomic E-state index is 3.50. The first-order valence-electron chi connectivity index (χ1n) is 6.27. The van der Waals surface area contributed by atoms with Gasteiger partial charge in [-0.1, -0.05) is 27.9 Å². The van der Waals surface area contributed by atoms with Crippen LogP contribution < -0.4 is 5.32 Å². The Balaban J connectivity index is 2.86. The largest absolute Gasteiger partial charge is 0.312 e. The van der Waals surface area contributed by atoms with Crippen molar-refractivity contribution in [2.75, 3.05) is 7.05 Å². The summed E-state index contributed by atoms with van der Waals surface area (Å²) in [5, 5.41) is 3.35. The normalized spacial score (nSPS) is 12.8. The Morgan fingerprint density at radius 2 is 2.00 bits per heavy atom. The van der Waals surface area contributed by atoms with Crippen LogP contribution in [-0.4, -0.2) is 7.05 Å². The van der Waals surface area contributed by atoms with E-state index in [0.29, 0.717) is 6.04 Å². The highest BCUT2D eigenvalue weighted by Gasteiger charge is 2.11. The van der Waals surface area contributed by atoms with Crippen LogP contribution in [0.3, 0.4) is 0 Å². The molecular weight excluding hydrogens is 286 g/mol. The molecule has 0 radical (unpaired) electrons. The van der Waals surface area contributed by atoms with Gasteiger partial charge >= 0.3 is 0 Å². The third kappa shape index (κ3) is 4.84. The van der Waals surface area contributed by atoms with Crippen molar-refractivity contribution in [1.82, 2.24) is 5.32 Å². The van der Waals surface area contributed by atoms with Crippen LogP contribution >= 0.6 is 15.9 Å². The number of halogens is 1. The van der Waals surface area contributed by atoms with E-state index in [1.54, 1.807) is 0 Å². The third-order valence-electron chi connectivity index (χ3n) is 2.73. The zero-order valence-corrected chi connectivity index (χ0v) is 13.5. The second kappa shape index (κ2) is 6.41. The van der Waals surface area contributed by atoms with E-state index >= 15 is 0 Å². The molecule has 1 N–H and O–H groups in total. The lowest BCUT2D eigenvalue weighted by Crippen LogP contribution is -2.17. The summed E-state index contributed by atoms with van der Waals surface area (Å²) in [5.74, 6) is 6.58. The molecule has 0 aliphatic heterocycles. The molecule has 2 heteroatoms. The van der Waals surface area contributed by atoms with Gasteiger partial charge in [0.1, 0.15) is 0 Å². The van der Waals surface area contributed by atoms with Crippen molar-refractivity contribution < 1.29 is 0 Å². The number of rotatable bonds is 3. The van der Waals surface area contributed by atoms with Gasteiger partial charge in [-0.05, 0) is 58.0 Å².